The molecule has 4 aromatic rings. The van der Waals surface area contributed by atoms with Crippen LogP contribution in [0, 0.1) is 19.8 Å². The second-order valence-electron chi connectivity index (χ2n) is 9.22. The Balaban J connectivity index is 1.63. The fraction of sp³-hybridized carbons (Fsp3) is 0.250. The third kappa shape index (κ3) is 3.88. The van der Waals surface area contributed by atoms with Crippen molar-refractivity contribution in [2.75, 3.05) is 5.32 Å². The van der Waals surface area contributed by atoms with Crippen molar-refractivity contribution in [1.82, 2.24) is 4.98 Å². The molecule has 5 nitrogen and oxygen atoms in total. The molecule has 0 fully saturated rings. The highest BCUT2D eigenvalue weighted by molar-refractivity contribution is 7.17. The summed E-state index contributed by atoms with van der Waals surface area (Å²) < 4.78 is 0. The number of para-hydroxylation sites is 1. The van der Waals surface area contributed by atoms with Crippen molar-refractivity contribution < 1.29 is 9.59 Å². The molecule has 2 amide bonds. The molecular weight excluding hydrogens is 442 g/mol. The Kier molecular flexibility index (Phi) is 5.70. The lowest BCUT2D eigenvalue weighted by molar-refractivity contribution is 0.1000. The normalized spacial score (nSPS) is 15.2. The van der Waals surface area contributed by atoms with Gasteiger partial charge < -0.3 is 11.1 Å². The number of nitrogens with one attached hydrogen (secondary N) is 1. The number of thiophene rings is 1. The standard InChI is InChI=1S/C28H27N3O2S/c1-15-8-11-18(12-9-15)25-17(3)23(19-6-4-5-7-21(19)30-25)27(33)31-28-24(26(29)32)20-13-10-16(2)14-22(20)34-28/h4-9,11-12,16H,10,13-14H2,1-3H3,(H2,29,32)(H,31,33)/t16-/m1/s1. The fourth-order valence-electron chi connectivity index (χ4n) is 4.86. The van der Waals surface area contributed by atoms with E-state index in [9.17, 15) is 9.59 Å². The molecular formula is C28H27N3O2S. The monoisotopic (exact) mass is 469 g/mol. The Morgan fingerprint density at radius 1 is 1.06 bits per heavy atom. The van der Waals surface area contributed by atoms with Gasteiger partial charge in [0.05, 0.1) is 22.3 Å². The van der Waals surface area contributed by atoms with Crippen LogP contribution < -0.4 is 11.1 Å². The minimum Gasteiger partial charge on any atom is -0.365 e. The van der Waals surface area contributed by atoms with Gasteiger partial charge in [-0.05, 0) is 56.2 Å². The number of rotatable bonds is 4. The number of pyridine rings is 1. The van der Waals surface area contributed by atoms with Crippen LogP contribution in [-0.4, -0.2) is 16.8 Å². The third-order valence-electron chi connectivity index (χ3n) is 6.67. The SMILES string of the molecule is Cc1ccc(-c2nc3ccccc3c(C(=O)Nc3sc4c(c3C(N)=O)CC[C@@H](C)C4)c2C)cc1. The average Bonchev–Trinajstić information content (AvgIpc) is 3.16. The number of fused-ring (bicyclic) bond motifs is 2. The summed E-state index contributed by atoms with van der Waals surface area (Å²) in [5.74, 6) is -0.184. The van der Waals surface area contributed by atoms with E-state index in [0.717, 1.165) is 63.0 Å². The Morgan fingerprint density at radius 3 is 2.53 bits per heavy atom. The lowest BCUT2D eigenvalue weighted by atomic mass is 9.88. The van der Waals surface area contributed by atoms with Gasteiger partial charge in [-0.2, -0.15) is 0 Å². The first-order valence-electron chi connectivity index (χ1n) is 11.6. The zero-order valence-corrected chi connectivity index (χ0v) is 20.4. The van der Waals surface area contributed by atoms with Crippen LogP contribution in [0.1, 0.15) is 55.6 Å². The minimum absolute atomic E-state index is 0.251. The highest BCUT2D eigenvalue weighted by Gasteiger charge is 2.28. The van der Waals surface area contributed by atoms with E-state index in [2.05, 4.69) is 12.2 Å². The molecule has 1 aliphatic rings. The predicted octanol–water partition coefficient (Wildman–Crippen LogP) is 6.06. The van der Waals surface area contributed by atoms with E-state index < -0.39 is 5.91 Å². The van der Waals surface area contributed by atoms with Gasteiger partial charge in [-0.15, -0.1) is 11.3 Å². The Hall–Kier alpha value is -3.51. The second kappa shape index (κ2) is 8.69. The zero-order chi connectivity index (χ0) is 24.0. The summed E-state index contributed by atoms with van der Waals surface area (Å²) in [6, 6.07) is 15.8. The zero-order valence-electron chi connectivity index (χ0n) is 19.6. The molecule has 0 unspecified atom stereocenters. The van der Waals surface area contributed by atoms with Crippen molar-refractivity contribution in [2.45, 2.75) is 40.0 Å². The predicted molar refractivity (Wildman–Crippen MR) is 139 cm³/mol. The number of carbonyl (C=O) groups is 2. The van der Waals surface area contributed by atoms with E-state index in [1.807, 2.05) is 62.4 Å². The molecule has 0 radical (unpaired) electrons. The quantitative estimate of drug-likeness (QED) is 0.381. The molecule has 6 heteroatoms. The Morgan fingerprint density at radius 2 is 1.79 bits per heavy atom. The lowest BCUT2D eigenvalue weighted by Crippen LogP contribution is -2.20. The minimum atomic E-state index is -0.487. The maximum Gasteiger partial charge on any atom is 0.257 e. The van der Waals surface area contributed by atoms with Crippen LogP contribution in [0.3, 0.4) is 0 Å². The van der Waals surface area contributed by atoms with Crippen LogP contribution in [0.4, 0.5) is 5.00 Å². The maximum absolute atomic E-state index is 13.8. The smallest absolute Gasteiger partial charge is 0.257 e. The van der Waals surface area contributed by atoms with E-state index >= 15 is 0 Å². The molecule has 3 N–H and O–H groups in total. The van der Waals surface area contributed by atoms with E-state index in [1.165, 1.54) is 11.3 Å². The highest BCUT2D eigenvalue weighted by Crippen LogP contribution is 2.40. The first-order chi connectivity index (χ1) is 16.3. The van der Waals surface area contributed by atoms with Crippen LogP contribution in [0.25, 0.3) is 22.2 Å². The molecule has 34 heavy (non-hydrogen) atoms. The first kappa shape index (κ1) is 22.3. The molecule has 1 aliphatic carbocycles. The third-order valence-corrected chi connectivity index (χ3v) is 7.84. The van der Waals surface area contributed by atoms with Gasteiger partial charge in [-0.3, -0.25) is 9.59 Å². The molecule has 1 atom stereocenters. The summed E-state index contributed by atoms with van der Waals surface area (Å²) in [6.45, 7) is 6.19. The summed E-state index contributed by atoms with van der Waals surface area (Å²) in [6.07, 6.45) is 2.74. The topological polar surface area (TPSA) is 85.1 Å². The largest absolute Gasteiger partial charge is 0.365 e. The number of amides is 2. The number of nitrogens with zero attached hydrogens (tertiary/aromatic N) is 1. The van der Waals surface area contributed by atoms with Gasteiger partial charge in [0.1, 0.15) is 5.00 Å². The number of anilines is 1. The van der Waals surface area contributed by atoms with Crippen LogP contribution >= 0.6 is 11.3 Å². The van der Waals surface area contributed by atoms with Crippen LogP contribution in [-0.2, 0) is 12.8 Å². The van der Waals surface area contributed by atoms with Gasteiger partial charge in [-0.25, -0.2) is 4.98 Å². The summed E-state index contributed by atoms with van der Waals surface area (Å²) >= 11 is 1.48. The van der Waals surface area contributed by atoms with Gasteiger partial charge in [0.15, 0.2) is 0 Å². The second-order valence-corrected chi connectivity index (χ2v) is 10.3. The number of benzene rings is 2. The van der Waals surface area contributed by atoms with Gasteiger partial charge in [0.2, 0.25) is 0 Å². The van der Waals surface area contributed by atoms with Crippen molar-refractivity contribution in [3.8, 4) is 11.3 Å². The summed E-state index contributed by atoms with van der Waals surface area (Å²) in [7, 11) is 0. The molecule has 0 aliphatic heterocycles. The van der Waals surface area contributed by atoms with Crippen molar-refractivity contribution in [1.29, 1.82) is 0 Å². The van der Waals surface area contributed by atoms with Crippen molar-refractivity contribution in [2.24, 2.45) is 11.7 Å². The lowest BCUT2D eigenvalue weighted by Gasteiger charge is -2.18. The number of primary amides is 1. The van der Waals surface area contributed by atoms with E-state index in [4.69, 9.17) is 10.7 Å². The van der Waals surface area contributed by atoms with Gasteiger partial charge >= 0.3 is 0 Å². The number of hydrogen-bond acceptors (Lipinski definition) is 4. The van der Waals surface area contributed by atoms with E-state index in [1.54, 1.807) is 0 Å². The fourth-order valence-corrected chi connectivity index (χ4v) is 6.27. The van der Waals surface area contributed by atoms with E-state index in [-0.39, 0.29) is 5.91 Å². The van der Waals surface area contributed by atoms with Crippen molar-refractivity contribution >= 4 is 39.1 Å². The molecule has 2 aromatic heterocycles. The Labute approximate surface area is 203 Å². The van der Waals surface area contributed by atoms with Crippen LogP contribution in [0.2, 0.25) is 0 Å². The molecule has 0 saturated carbocycles. The number of aryl methyl sites for hydroxylation is 1. The average molecular weight is 470 g/mol. The maximum atomic E-state index is 13.8. The van der Waals surface area contributed by atoms with Crippen molar-refractivity contribution in [3.63, 3.8) is 0 Å². The molecule has 0 saturated heterocycles. The highest BCUT2D eigenvalue weighted by atomic mass is 32.1. The molecule has 0 bridgehead atoms. The summed E-state index contributed by atoms with van der Waals surface area (Å²) in [4.78, 5) is 32.2. The summed E-state index contributed by atoms with van der Waals surface area (Å²) in [5, 5.41) is 4.38. The molecule has 172 valence electrons. The number of aromatic nitrogens is 1. The number of nitrogens with two attached hydrogens (primary N) is 1. The van der Waals surface area contributed by atoms with Crippen LogP contribution in [0.15, 0.2) is 48.5 Å². The van der Waals surface area contributed by atoms with Gasteiger partial charge in [0, 0.05) is 15.8 Å². The summed E-state index contributed by atoms with van der Waals surface area (Å²) in [5.41, 5.74) is 12.3. The molecule has 0 spiro atoms. The number of carbonyl (C=O) groups excluding carboxylic acids is 2. The van der Waals surface area contributed by atoms with Gasteiger partial charge in [-0.1, -0.05) is 55.0 Å². The molecule has 5 rings (SSSR count). The Bertz CT molecular complexity index is 1440. The molecule has 2 heterocycles. The van der Waals surface area contributed by atoms with Crippen molar-refractivity contribution in [3.05, 3.63) is 81.2 Å². The molecule has 2 aromatic carbocycles. The van der Waals surface area contributed by atoms with Crippen LogP contribution in [0.5, 0.6) is 0 Å². The first-order valence-corrected chi connectivity index (χ1v) is 12.4. The number of hydrogen-bond donors (Lipinski definition) is 2. The van der Waals surface area contributed by atoms with Gasteiger partial charge in [0.25, 0.3) is 11.8 Å². The van der Waals surface area contributed by atoms with E-state index in [0.29, 0.717) is 22.0 Å².